The predicted octanol–water partition coefficient (Wildman–Crippen LogP) is 1.70. The van der Waals surface area contributed by atoms with Crippen molar-refractivity contribution in [1.82, 2.24) is 9.88 Å². The fraction of sp³-hybridized carbons (Fsp3) is 0.381. The standard InChI is InChI=1S/C21H24N2O6/c24-11-16-17(26)7-3-8-19(16)29-13-14-5-1-2-10-23(14)21(28)15-6-4-9-22-20(15)18(27)12-25/h3-4,6-9,11,14,18,25-27H,1-2,5,10,12-13H2/t14-,18?/m0/s1. The van der Waals surface area contributed by atoms with E-state index in [4.69, 9.17) is 4.74 Å². The van der Waals surface area contributed by atoms with E-state index < -0.39 is 12.7 Å². The molecule has 29 heavy (non-hydrogen) atoms. The van der Waals surface area contributed by atoms with E-state index in [1.807, 2.05) is 0 Å². The maximum Gasteiger partial charge on any atom is 0.256 e. The SMILES string of the molecule is O=Cc1c(O)cccc1OC[C@@H]1CCCCN1C(=O)c1cccnc1C(O)CO. The zero-order chi connectivity index (χ0) is 20.8. The van der Waals surface area contributed by atoms with Gasteiger partial charge in [-0.25, -0.2) is 0 Å². The van der Waals surface area contributed by atoms with Crippen LogP contribution in [0.5, 0.6) is 11.5 Å². The molecule has 8 nitrogen and oxygen atoms in total. The molecule has 2 atom stereocenters. The van der Waals surface area contributed by atoms with E-state index in [1.54, 1.807) is 29.2 Å². The normalized spacial score (nSPS) is 17.6. The molecule has 0 radical (unpaired) electrons. The van der Waals surface area contributed by atoms with Crippen LogP contribution in [0.4, 0.5) is 0 Å². The minimum atomic E-state index is -1.24. The molecule has 0 bridgehead atoms. The Bertz CT molecular complexity index is 872. The van der Waals surface area contributed by atoms with Crippen LogP contribution >= 0.6 is 0 Å². The lowest BCUT2D eigenvalue weighted by Gasteiger charge is -2.36. The lowest BCUT2D eigenvalue weighted by Crippen LogP contribution is -2.47. The van der Waals surface area contributed by atoms with Gasteiger partial charge >= 0.3 is 0 Å². The topological polar surface area (TPSA) is 120 Å². The lowest BCUT2D eigenvalue weighted by molar-refractivity contribution is 0.0510. The molecule has 0 aliphatic carbocycles. The molecule has 2 aromatic rings. The fourth-order valence-electron chi connectivity index (χ4n) is 3.51. The number of aliphatic hydroxyl groups is 2. The number of phenols is 1. The summed E-state index contributed by atoms with van der Waals surface area (Å²) in [5.41, 5.74) is 0.454. The second-order valence-electron chi connectivity index (χ2n) is 6.90. The predicted molar refractivity (Wildman–Crippen MR) is 104 cm³/mol. The highest BCUT2D eigenvalue weighted by Crippen LogP contribution is 2.28. The van der Waals surface area contributed by atoms with Crippen molar-refractivity contribution in [3.05, 3.63) is 53.3 Å². The number of ether oxygens (including phenoxy) is 1. The summed E-state index contributed by atoms with van der Waals surface area (Å²) in [7, 11) is 0. The molecule has 2 heterocycles. The lowest BCUT2D eigenvalue weighted by atomic mass is 10.00. The van der Waals surface area contributed by atoms with Crippen molar-refractivity contribution in [3.63, 3.8) is 0 Å². The van der Waals surface area contributed by atoms with Gasteiger partial charge in [0.25, 0.3) is 5.91 Å². The second-order valence-corrected chi connectivity index (χ2v) is 6.90. The van der Waals surface area contributed by atoms with E-state index in [-0.39, 0.29) is 46.9 Å². The Balaban J connectivity index is 1.79. The van der Waals surface area contributed by atoms with E-state index in [2.05, 4.69) is 4.98 Å². The number of phenolic OH excluding ortho intramolecular Hbond substituents is 1. The van der Waals surface area contributed by atoms with E-state index in [9.17, 15) is 24.9 Å². The van der Waals surface area contributed by atoms with E-state index in [0.717, 1.165) is 19.3 Å². The van der Waals surface area contributed by atoms with Gasteiger partial charge in [0.05, 0.1) is 29.5 Å². The number of nitrogens with zero attached hydrogens (tertiary/aromatic N) is 2. The van der Waals surface area contributed by atoms with E-state index >= 15 is 0 Å². The van der Waals surface area contributed by atoms with E-state index in [1.165, 1.54) is 12.3 Å². The number of aldehydes is 1. The first-order chi connectivity index (χ1) is 14.1. The number of piperidine rings is 1. The molecule has 3 rings (SSSR count). The molecule has 8 heteroatoms. The van der Waals surface area contributed by atoms with Crippen LogP contribution in [0.1, 0.15) is 51.8 Å². The summed E-state index contributed by atoms with van der Waals surface area (Å²) in [6, 6.07) is 7.53. The summed E-state index contributed by atoms with van der Waals surface area (Å²) in [5.74, 6) is -0.191. The first-order valence-electron chi connectivity index (χ1n) is 9.51. The summed E-state index contributed by atoms with van der Waals surface area (Å²) in [6.45, 7) is 0.154. The van der Waals surface area contributed by atoms with Gasteiger partial charge in [0.1, 0.15) is 24.2 Å². The van der Waals surface area contributed by atoms with Gasteiger partial charge in [-0.05, 0) is 43.5 Å². The highest BCUT2D eigenvalue weighted by Gasteiger charge is 2.30. The molecule has 1 aliphatic heterocycles. The molecule has 1 aromatic carbocycles. The molecule has 1 aromatic heterocycles. The first-order valence-corrected chi connectivity index (χ1v) is 9.51. The first kappa shape index (κ1) is 20.8. The Labute approximate surface area is 168 Å². The molecule has 1 saturated heterocycles. The Morgan fingerprint density at radius 1 is 1.31 bits per heavy atom. The second kappa shape index (κ2) is 9.49. The number of aliphatic hydroxyl groups excluding tert-OH is 2. The van der Waals surface area contributed by atoms with Crippen LogP contribution in [-0.2, 0) is 0 Å². The van der Waals surface area contributed by atoms with Gasteiger partial charge in [-0.1, -0.05) is 6.07 Å². The quantitative estimate of drug-likeness (QED) is 0.605. The highest BCUT2D eigenvalue weighted by atomic mass is 16.5. The van der Waals surface area contributed by atoms with Crippen LogP contribution < -0.4 is 4.74 Å². The summed E-state index contributed by atoms with van der Waals surface area (Å²) >= 11 is 0. The van der Waals surface area contributed by atoms with Crippen molar-refractivity contribution in [2.75, 3.05) is 19.8 Å². The molecule has 1 unspecified atom stereocenters. The van der Waals surface area contributed by atoms with Gasteiger partial charge in [-0.2, -0.15) is 0 Å². The van der Waals surface area contributed by atoms with Gasteiger partial charge in [-0.3, -0.25) is 14.6 Å². The van der Waals surface area contributed by atoms with Crippen LogP contribution in [0.2, 0.25) is 0 Å². The average molecular weight is 400 g/mol. The third-order valence-electron chi connectivity index (χ3n) is 5.04. The molecule has 1 aliphatic rings. The number of carbonyl (C=O) groups is 2. The number of rotatable bonds is 7. The van der Waals surface area contributed by atoms with Crippen LogP contribution in [0.15, 0.2) is 36.5 Å². The number of carbonyl (C=O) groups excluding carboxylic acids is 2. The van der Waals surface area contributed by atoms with E-state index in [0.29, 0.717) is 12.8 Å². The molecular formula is C21H24N2O6. The van der Waals surface area contributed by atoms with Gasteiger partial charge in [0.2, 0.25) is 0 Å². The maximum atomic E-state index is 13.2. The number of amides is 1. The van der Waals surface area contributed by atoms with Crippen molar-refractivity contribution in [2.45, 2.75) is 31.4 Å². The Morgan fingerprint density at radius 2 is 2.14 bits per heavy atom. The highest BCUT2D eigenvalue weighted by molar-refractivity contribution is 5.95. The van der Waals surface area contributed by atoms with Crippen LogP contribution in [0, 0.1) is 0 Å². The Kier molecular flexibility index (Phi) is 6.79. The molecule has 0 spiro atoms. The number of pyridine rings is 1. The van der Waals surface area contributed by atoms with Gasteiger partial charge in [0, 0.05) is 12.7 Å². The molecule has 1 fully saturated rings. The number of aromatic hydroxyl groups is 1. The molecule has 1 amide bonds. The van der Waals surface area contributed by atoms with Gasteiger partial charge < -0.3 is 25.0 Å². The number of aromatic nitrogens is 1. The maximum absolute atomic E-state index is 13.2. The van der Waals surface area contributed by atoms with Gasteiger partial charge in [-0.15, -0.1) is 0 Å². The van der Waals surface area contributed by atoms with Crippen molar-refractivity contribution in [1.29, 1.82) is 0 Å². The van der Waals surface area contributed by atoms with Crippen molar-refractivity contribution >= 4 is 12.2 Å². The van der Waals surface area contributed by atoms with Crippen LogP contribution in [-0.4, -0.2) is 63.2 Å². The molecule has 0 saturated carbocycles. The van der Waals surface area contributed by atoms with Crippen LogP contribution in [0.25, 0.3) is 0 Å². The summed E-state index contributed by atoms with van der Waals surface area (Å²) in [5, 5.41) is 29.0. The van der Waals surface area contributed by atoms with Crippen LogP contribution in [0.3, 0.4) is 0 Å². The summed E-state index contributed by atoms with van der Waals surface area (Å²) in [6.07, 6.45) is 3.25. The van der Waals surface area contributed by atoms with Crippen molar-refractivity contribution < 1.29 is 29.6 Å². The summed E-state index contributed by atoms with van der Waals surface area (Å²) < 4.78 is 5.77. The monoisotopic (exact) mass is 400 g/mol. The fourth-order valence-corrected chi connectivity index (χ4v) is 3.51. The minimum absolute atomic E-state index is 0.0711. The largest absolute Gasteiger partial charge is 0.507 e. The van der Waals surface area contributed by atoms with Crippen molar-refractivity contribution in [2.24, 2.45) is 0 Å². The number of hydrogen-bond acceptors (Lipinski definition) is 7. The smallest absolute Gasteiger partial charge is 0.256 e. The zero-order valence-electron chi connectivity index (χ0n) is 15.9. The third kappa shape index (κ3) is 4.55. The van der Waals surface area contributed by atoms with Crippen molar-refractivity contribution in [3.8, 4) is 11.5 Å². The number of hydrogen-bond donors (Lipinski definition) is 3. The Morgan fingerprint density at radius 3 is 2.90 bits per heavy atom. The number of likely N-dealkylation sites (tertiary alicyclic amines) is 1. The third-order valence-corrected chi connectivity index (χ3v) is 5.04. The zero-order valence-corrected chi connectivity index (χ0v) is 15.9. The minimum Gasteiger partial charge on any atom is -0.507 e. The molecule has 3 N–H and O–H groups in total. The average Bonchev–Trinajstić information content (AvgIpc) is 2.77. The molecule has 154 valence electrons. The summed E-state index contributed by atoms with van der Waals surface area (Å²) in [4.78, 5) is 30.2. The molecular weight excluding hydrogens is 376 g/mol. The Hall–Kier alpha value is -2.97. The van der Waals surface area contributed by atoms with Gasteiger partial charge in [0.15, 0.2) is 6.29 Å². The number of benzene rings is 1.